The Balaban J connectivity index is 2.07. The van der Waals surface area contributed by atoms with Crippen LogP contribution in [-0.4, -0.2) is 17.8 Å². The molecule has 0 aliphatic heterocycles. The maximum absolute atomic E-state index is 10.3. The van der Waals surface area contributed by atoms with Crippen LogP contribution in [0.15, 0.2) is 42.5 Å². The van der Waals surface area contributed by atoms with E-state index in [0.29, 0.717) is 12.5 Å². The normalized spacial score (nSPS) is 14.5. The van der Waals surface area contributed by atoms with Crippen LogP contribution in [0.2, 0.25) is 0 Å². The second-order valence-corrected chi connectivity index (χ2v) is 5.84. The molecule has 0 amide bonds. The minimum Gasteiger partial charge on any atom is -0.392 e. The smallest absolute Gasteiger partial charge is 0.0692 e. The minimum atomic E-state index is -0.266. The van der Waals surface area contributed by atoms with Crippen LogP contribution < -0.4 is 5.32 Å². The summed E-state index contributed by atoms with van der Waals surface area (Å²) in [5, 5.41) is 16.3. The molecule has 0 bridgehead atoms. The van der Waals surface area contributed by atoms with Gasteiger partial charge < -0.3 is 10.4 Å². The molecular formula is C19H27NO. The van der Waals surface area contributed by atoms with Gasteiger partial charge in [-0.15, -0.1) is 0 Å². The van der Waals surface area contributed by atoms with Crippen LogP contribution >= 0.6 is 0 Å². The van der Waals surface area contributed by atoms with Crippen LogP contribution in [0.1, 0.15) is 45.2 Å². The summed E-state index contributed by atoms with van der Waals surface area (Å²) >= 11 is 0. The van der Waals surface area contributed by atoms with Gasteiger partial charge in [-0.3, -0.25) is 0 Å². The second kappa shape index (κ2) is 7.58. The summed E-state index contributed by atoms with van der Waals surface area (Å²) in [4.78, 5) is 0. The van der Waals surface area contributed by atoms with Crippen molar-refractivity contribution >= 4 is 10.8 Å². The lowest BCUT2D eigenvalue weighted by molar-refractivity contribution is 0.0989. The van der Waals surface area contributed by atoms with Crippen molar-refractivity contribution in [1.29, 1.82) is 0 Å². The molecule has 0 heterocycles. The highest BCUT2D eigenvalue weighted by atomic mass is 16.3. The molecule has 2 N–H and O–H groups in total. The molecule has 0 aromatic heterocycles. The van der Waals surface area contributed by atoms with E-state index in [-0.39, 0.29) is 12.1 Å². The number of aliphatic hydroxyl groups is 1. The summed E-state index contributed by atoms with van der Waals surface area (Å²) in [5.74, 6) is 0.386. The van der Waals surface area contributed by atoms with Gasteiger partial charge in [0.1, 0.15) is 0 Å². The Labute approximate surface area is 128 Å². The first kappa shape index (κ1) is 16.0. The third-order valence-corrected chi connectivity index (χ3v) is 4.52. The van der Waals surface area contributed by atoms with Crippen LogP contribution in [0, 0.1) is 5.92 Å². The number of nitrogens with one attached hydrogen (secondary N) is 1. The van der Waals surface area contributed by atoms with Crippen LogP contribution in [0.4, 0.5) is 0 Å². The van der Waals surface area contributed by atoms with E-state index >= 15 is 0 Å². The van der Waals surface area contributed by atoms with Gasteiger partial charge in [0, 0.05) is 12.6 Å². The van der Waals surface area contributed by atoms with Crippen molar-refractivity contribution in [2.75, 3.05) is 6.54 Å². The molecule has 0 spiro atoms. The average Bonchev–Trinajstić information content (AvgIpc) is 2.53. The Hall–Kier alpha value is -1.38. The van der Waals surface area contributed by atoms with Crippen molar-refractivity contribution in [3.63, 3.8) is 0 Å². The number of aliphatic hydroxyl groups excluding tert-OH is 1. The molecule has 0 fully saturated rings. The maximum Gasteiger partial charge on any atom is 0.0692 e. The second-order valence-electron chi connectivity index (χ2n) is 5.84. The molecule has 0 radical (unpaired) electrons. The highest BCUT2D eigenvalue weighted by Crippen LogP contribution is 2.24. The van der Waals surface area contributed by atoms with E-state index in [0.717, 1.165) is 12.8 Å². The van der Waals surface area contributed by atoms with E-state index in [4.69, 9.17) is 0 Å². The van der Waals surface area contributed by atoms with E-state index in [1.54, 1.807) is 0 Å². The van der Waals surface area contributed by atoms with E-state index in [1.165, 1.54) is 16.3 Å². The van der Waals surface area contributed by atoms with Crippen LogP contribution in [0.3, 0.4) is 0 Å². The minimum absolute atomic E-state index is 0.236. The van der Waals surface area contributed by atoms with E-state index in [2.05, 4.69) is 68.6 Å². The van der Waals surface area contributed by atoms with Gasteiger partial charge in [-0.1, -0.05) is 69.2 Å². The first-order valence-corrected chi connectivity index (χ1v) is 8.06. The van der Waals surface area contributed by atoms with Crippen LogP contribution in [-0.2, 0) is 0 Å². The zero-order valence-corrected chi connectivity index (χ0v) is 13.3. The Morgan fingerprint density at radius 1 is 1.00 bits per heavy atom. The third-order valence-electron chi connectivity index (χ3n) is 4.52. The van der Waals surface area contributed by atoms with Crippen molar-refractivity contribution < 1.29 is 5.11 Å². The SMILES string of the molecule is CCC(CC)C(O)CNC(C)c1cccc2ccccc12. The lowest BCUT2D eigenvalue weighted by atomic mass is 9.95. The monoisotopic (exact) mass is 285 g/mol. The topological polar surface area (TPSA) is 32.3 Å². The molecule has 0 aliphatic rings. The number of rotatable bonds is 7. The van der Waals surface area contributed by atoms with Crippen molar-refractivity contribution in [2.45, 2.75) is 45.8 Å². The molecule has 2 nitrogen and oxygen atoms in total. The lowest BCUT2D eigenvalue weighted by Crippen LogP contribution is -2.34. The predicted molar refractivity (Wildman–Crippen MR) is 90.4 cm³/mol. The standard InChI is InChI=1S/C19H27NO/c1-4-15(5-2)19(21)13-20-14(3)17-12-8-10-16-9-6-7-11-18(16)17/h6-12,14-15,19-21H,4-5,13H2,1-3H3. The summed E-state index contributed by atoms with van der Waals surface area (Å²) in [7, 11) is 0. The third kappa shape index (κ3) is 3.84. The molecular weight excluding hydrogens is 258 g/mol. The Morgan fingerprint density at radius 3 is 2.38 bits per heavy atom. The van der Waals surface area contributed by atoms with Gasteiger partial charge in [0.05, 0.1) is 6.10 Å². The van der Waals surface area contributed by atoms with E-state index in [1.807, 2.05) is 0 Å². The fourth-order valence-corrected chi connectivity index (χ4v) is 3.04. The fraction of sp³-hybridized carbons (Fsp3) is 0.474. The quantitative estimate of drug-likeness (QED) is 0.795. The van der Waals surface area contributed by atoms with Gasteiger partial charge in [-0.2, -0.15) is 0 Å². The highest BCUT2D eigenvalue weighted by Gasteiger charge is 2.17. The summed E-state index contributed by atoms with van der Waals surface area (Å²) < 4.78 is 0. The van der Waals surface area contributed by atoms with Gasteiger partial charge in [0.2, 0.25) is 0 Å². The number of benzene rings is 2. The van der Waals surface area contributed by atoms with Crippen molar-refractivity contribution in [2.24, 2.45) is 5.92 Å². The van der Waals surface area contributed by atoms with Crippen molar-refractivity contribution in [3.05, 3.63) is 48.0 Å². The fourth-order valence-electron chi connectivity index (χ4n) is 3.04. The van der Waals surface area contributed by atoms with Gasteiger partial charge in [-0.25, -0.2) is 0 Å². The van der Waals surface area contributed by atoms with Crippen molar-refractivity contribution in [3.8, 4) is 0 Å². The number of hydrogen-bond acceptors (Lipinski definition) is 2. The first-order chi connectivity index (χ1) is 10.2. The number of hydrogen-bond donors (Lipinski definition) is 2. The molecule has 2 aromatic carbocycles. The summed E-state index contributed by atoms with van der Waals surface area (Å²) in [6, 6.07) is 15.1. The van der Waals surface area contributed by atoms with E-state index < -0.39 is 0 Å². The number of fused-ring (bicyclic) bond motifs is 1. The molecule has 0 saturated carbocycles. The molecule has 0 aliphatic carbocycles. The average molecular weight is 285 g/mol. The van der Waals surface area contributed by atoms with Crippen LogP contribution in [0.25, 0.3) is 10.8 Å². The Morgan fingerprint density at radius 2 is 1.67 bits per heavy atom. The predicted octanol–water partition coefficient (Wildman–Crippen LogP) is 4.29. The Bertz CT molecular complexity index is 557. The molecule has 114 valence electrons. The maximum atomic E-state index is 10.3. The summed E-state index contributed by atoms with van der Waals surface area (Å²) in [6.07, 6.45) is 1.79. The molecule has 2 atom stereocenters. The van der Waals surface area contributed by atoms with Crippen molar-refractivity contribution in [1.82, 2.24) is 5.32 Å². The molecule has 21 heavy (non-hydrogen) atoms. The van der Waals surface area contributed by atoms with Gasteiger partial charge >= 0.3 is 0 Å². The lowest BCUT2D eigenvalue weighted by Gasteiger charge is -2.23. The molecule has 2 heteroatoms. The first-order valence-electron chi connectivity index (χ1n) is 8.06. The summed E-state index contributed by atoms with van der Waals surface area (Å²) in [6.45, 7) is 7.11. The Kier molecular flexibility index (Phi) is 5.77. The van der Waals surface area contributed by atoms with Gasteiger partial charge in [0.15, 0.2) is 0 Å². The zero-order chi connectivity index (χ0) is 15.2. The van der Waals surface area contributed by atoms with E-state index in [9.17, 15) is 5.11 Å². The largest absolute Gasteiger partial charge is 0.392 e. The van der Waals surface area contributed by atoms with Gasteiger partial charge in [-0.05, 0) is 29.2 Å². The zero-order valence-electron chi connectivity index (χ0n) is 13.3. The molecule has 2 aromatic rings. The molecule has 2 unspecified atom stereocenters. The molecule has 0 saturated heterocycles. The highest BCUT2D eigenvalue weighted by molar-refractivity contribution is 5.86. The van der Waals surface area contributed by atoms with Crippen LogP contribution in [0.5, 0.6) is 0 Å². The van der Waals surface area contributed by atoms with Gasteiger partial charge in [0.25, 0.3) is 0 Å². The summed E-state index contributed by atoms with van der Waals surface area (Å²) in [5.41, 5.74) is 1.30. The molecule has 2 rings (SSSR count).